The number of furan rings is 1. The first kappa shape index (κ1) is 15.3. The van der Waals surface area contributed by atoms with Gasteiger partial charge in [-0.2, -0.15) is 0 Å². The Kier molecular flexibility index (Phi) is 5.11. The van der Waals surface area contributed by atoms with E-state index in [0.29, 0.717) is 17.7 Å². The number of carbonyl (C=O) groups is 1. The van der Waals surface area contributed by atoms with Crippen molar-refractivity contribution < 1.29 is 13.6 Å². The summed E-state index contributed by atoms with van der Waals surface area (Å²) < 4.78 is 19.0. The van der Waals surface area contributed by atoms with E-state index in [2.05, 4.69) is 5.32 Å². The lowest BCUT2D eigenvalue weighted by molar-refractivity contribution is 0.1000. The molecule has 4 nitrogen and oxygen atoms in total. The van der Waals surface area contributed by atoms with Crippen LogP contribution in [0.4, 0.5) is 4.39 Å². The molecule has 1 amide bonds. The maximum Gasteiger partial charge on any atom is 0.248 e. The van der Waals surface area contributed by atoms with Crippen molar-refractivity contribution >= 4 is 5.91 Å². The Bertz CT molecular complexity index is 596. The second-order valence-electron chi connectivity index (χ2n) is 5.07. The third-order valence-corrected chi connectivity index (χ3v) is 3.38. The molecule has 112 valence electrons. The molecule has 0 aliphatic heterocycles. The molecule has 0 aliphatic rings. The van der Waals surface area contributed by atoms with Crippen molar-refractivity contribution in [3.05, 3.63) is 59.3 Å². The van der Waals surface area contributed by atoms with Gasteiger partial charge < -0.3 is 15.5 Å². The van der Waals surface area contributed by atoms with E-state index < -0.39 is 5.91 Å². The number of benzene rings is 1. The second-order valence-corrected chi connectivity index (χ2v) is 5.07. The summed E-state index contributed by atoms with van der Waals surface area (Å²) >= 11 is 0. The Balaban J connectivity index is 1.87. The monoisotopic (exact) mass is 290 g/mol. The number of rotatable bonds is 7. The van der Waals surface area contributed by atoms with E-state index in [1.807, 2.05) is 19.1 Å². The molecule has 0 saturated carbocycles. The smallest absolute Gasteiger partial charge is 0.248 e. The van der Waals surface area contributed by atoms with Crippen LogP contribution in [0.2, 0.25) is 0 Å². The molecule has 3 N–H and O–H groups in total. The van der Waals surface area contributed by atoms with Gasteiger partial charge in [-0.25, -0.2) is 4.39 Å². The zero-order valence-electron chi connectivity index (χ0n) is 11.9. The van der Waals surface area contributed by atoms with Crippen molar-refractivity contribution in [1.82, 2.24) is 5.32 Å². The van der Waals surface area contributed by atoms with Gasteiger partial charge in [-0.15, -0.1) is 0 Å². The largest absolute Gasteiger partial charge is 0.469 e. The summed E-state index contributed by atoms with van der Waals surface area (Å²) in [6.07, 6.45) is 3.35. The number of amides is 1. The van der Waals surface area contributed by atoms with E-state index in [1.54, 1.807) is 6.26 Å². The molecular formula is C16H19FN2O2. The Labute approximate surface area is 123 Å². The molecular weight excluding hydrogens is 271 g/mol. The van der Waals surface area contributed by atoms with Crippen molar-refractivity contribution in [3.63, 3.8) is 0 Å². The van der Waals surface area contributed by atoms with Gasteiger partial charge in [-0.1, -0.05) is 0 Å². The van der Waals surface area contributed by atoms with Crippen LogP contribution >= 0.6 is 0 Å². The highest BCUT2D eigenvalue weighted by Crippen LogP contribution is 2.11. The molecule has 1 aromatic carbocycles. The van der Waals surface area contributed by atoms with Crippen LogP contribution in [-0.2, 0) is 13.0 Å². The average molecular weight is 290 g/mol. The van der Waals surface area contributed by atoms with Crippen molar-refractivity contribution in [3.8, 4) is 0 Å². The van der Waals surface area contributed by atoms with Crippen LogP contribution in [0.25, 0.3) is 0 Å². The van der Waals surface area contributed by atoms with Crippen LogP contribution < -0.4 is 11.1 Å². The number of nitrogens with one attached hydrogen (secondary N) is 1. The summed E-state index contributed by atoms with van der Waals surface area (Å²) in [5.41, 5.74) is 5.96. The fraction of sp³-hybridized carbons (Fsp3) is 0.312. The van der Waals surface area contributed by atoms with Crippen molar-refractivity contribution in [2.45, 2.75) is 32.4 Å². The van der Waals surface area contributed by atoms with E-state index in [4.69, 9.17) is 10.2 Å². The van der Waals surface area contributed by atoms with E-state index in [-0.39, 0.29) is 11.9 Å². The molecule has 0 saturated heterocycles. The molecule has 0 fully saturated rings. The number of aryl methyl sites for hydroxylation is 1. The molecule has 0 spiro atoms. The van der Waals surface area contributed by atoms with Gasteiger partial charge in [0.05, 0.1) is 6.26 Å². The average Bonchev–Trinajstić information content (AvgIpc) is 2.97. The molecule has 1 atom stereocenters. The van der Waals surface area contributed by atoms with E-state index in [1.165, 1.54) is 18.2 Å². The van der Waals surface area contributed by atoms with Crippen molar-refractivity contribution in [1.29, 1.82) is 0 Å². The minimum absolute atomic E-state index is 0.201. The summed E-state index contributed by atoms with van der Waals surface area (Å²) in [6, 6.07) is 8.14. The third-order valence-electron chi connectivity index (χ3n) is 3.38. The van der Waals surface area contributed by atoms with E-state index in [0.717, 1.165) is 18.6 Å². The third kappa shape index (κ3) is 4.43. The quantitative estimate of drug-likeness (QED) is 0.823. The van der Waals surface area contributed by atoms with Crippen molar-refractivity contribution in [2.24, 2.45) is 5.73 Å². The number of primary amides is 1. The van der Waals surface area contributed by atoms with Gasteiger partial charge in [0.1, 0.15) is 11.6 Å². The van der Waals surface area contributed by atoms with Gasteiger partial charge >= 0.3 is 0 Å². The first-order valence-electron chi connectivity index (χ1n) is 6.90. The Morgan fingerprint density at radius 3 is 2.90 bits per heavy atom. The highest BCUT2D eigenvalue weighted by molar-refractivity contribution is 5.92. The maximum absolute atomic E-state index is 13.7. The normalized spacial score (nSPS) is 12.3. The van der Waals surface area contributed by atoms with E-state index >= 15 is 0 Å². The Hall–Kier alpha value is -2.14. The van der Waals surface area contributed by atoms with Crippen LogP contribution in [0.5, 0.6) is 0 Å². The van der Waals surface area contributed by atoms with Crippen LogP contribution in [0.3, 0.4) is 0 Å². The fourth-order valence-corrected chi connectivity index (χ4v) is 2.06. The Morgan fingerprint density at radius 1 is 1.43 bits per heavy atom. The van der Waals surface area contributed by atoms with Gasteiger partial charge in [0.15, 0.2) is 0 Å². The topological polar surface area (TPSA) is 68.3 Å². The number of carbonyl (C=O) groups excluding carboxylic acids is 1. The predicted octanol–water partition coefficient (Wildman–Crippen LogP) is 2.63. The summed E-state index contributed by atoms with van der Waals surface area (Å²) in [5, 5.41) is 3.23. The molecule has 2 aromatic rings. The summed E-state index contributed by atoms with van der Waals surface area (Å²) in [6.45, 7) is 2.38. The van der Waals surface area contributed by atoms with Crippen LogP contribution in [0.15, 0.2) is 41.0 Å². The van der Waals surface area contributed by atoms with Gasteiger partial charge in [-0.05, 0) is 43.7 Å². The summed E-state index contributed by atoms with van der Waals surface area (Å²) in [7, 11) is 0. The molecule has 1 aromatic heterocycles. The standard InChI is InChI=1S/C16H19FN2O2/c1-11(4-6-14-3-2-8-21-14)19-10-13-9-12(16(18)20)5-7-15(13)17/h2-3,5,7-9,11,19H,4,6,10H2,1H3,(H2,18,20). The zero-order chi connectivity index (χ0) is 15.2. The zero-order valence-corrected chi connectivity index (χ0v) is 11.9. The SMILES string of the molecule is CC(CCc1ccco1)NCc1cc(C(N)=O)ccc1F. The van der Waals surface area contributed by atoms with Gasteiger partial charge in [0.25, 0.3) is 0 Å². The van der Waals surface area contributed by atoms with E-state index in [9.17, 15) is 9.18 Å². The first-order chi connectivity index (χ1) is 10.1. The summed E-state index contributed by atoms with van der Waals surface area (Å²) in [5.74, 6) is 0.0402. The molecule has 1 unspecified atom stereocenters. The molecule has 5 heteroatoms. The fourth-order valence-electron chi connectivity index (χ4n) is 2.06. The molecule has 0 bridgehead atoms. The number of halogens is 1. The molecule has 21 heavy (non-hydrogen) atoms. The molecule has 1 heterocycles. The first-order valence-corrected chi connectivity index (χ1v) is 6.90. The van der Waals surface area contributed by atoms with Crippen molar-refractivity contribution in [2.75, 3.05) is 0 Å². The lowest BCUT2D eigenvalue weighted by Gasteiger charge is -2.14. The Morgan fingerprint density at radius 2 is 2.24 bits per heavy atom. The van der Waals surface area contributed by atoms with Gasteiger partial charge in [-0.3, -0.25) is 4.79 Å². The lowest BCUT2D eigenvalue weighted by Crippen LogP contribution is -2.26. The molecule has 0 aliphatic carbocycles. The van der Waals surface area contributed by atoms with Gasteiger partial charge in [0, 0.05) is 30.1 Å². The van der Waals surface area contributed by atoms with Crippen LogP contribution in [-0.4, -0.2) is 11.9 Å². The lowest BCUT2D eigenvalue weighted by atomic mass is 10.1. The highest BCUT2D eigenvalue weighted by atomic mass is 19.1. The van der Waals surface area contributed by atoms with Crippen LogP contribution in [0.1, 0.15) is 35.0 Å². The number of nitrogens with two attached hydrogens (primary N) is 1. The maximum atomic E-state index is 13.7. The second kappa shape index (κ2) is 7.04. The number of hydrogen-bond acceptors (Lipinski definition) is 3. The highest BCUT2D eigenvalue weighted by Gasteiger charge is 2.09. The minimum Gasteiger partial charge on any atom is -0.469 e. The molecule has 2 rings (SSSR count). The molecule has 0 radical (unpaired) electrons. The predicted molar refractivity (Wildman–Crippen MR) is 78.2 cm³/mol. The van der Waals surface area contributed by atoms with Gasteiger partial charge in [0.2, 0.25) is 5.91 Å². The minimum atomic E-state index is -0.554. The van der Waals surface area contributed by atoms with Crippen LogP contribution in [0, 0.1) is 5.82 Å². The summed E-state index contributed by atoms with van der Waals surface area (Å²) in [4.78, 5) is 11.1. The number of hydrogen-bond donors (Lipinski definition) is 2.